The van der Waals surface area contributed by atoms with Crippen LogP contribution in [0.1, 0.15) is 28.0 Å². The van der Waals surface area contributed by atoms with Gasteiger partial charge in [-0.3, -0.25) is 9.69 Å². The van der Waals surface area contributed by atoms with Crippen LogP contribution in [-0.2, 0) is 17.8 Å². The van der Waals surface area contributed by atoms with Crippen molar-refractivity contribution in [3.05, 3.63) is 67.6 Å². The third-order valence-electron chi connectivity index (χ3n) is 6.13. The lowest BCUT2D eigenvalue weighted by Gasteiger charge is -2.28. The molecule has 3 heterocycles. The number of fused-ring (bicyclic) bond motifs is 1. The van der Waals surface area contributed by atoms with E-state index in [1.807, 2.05) is 25.1 Å². The van der Waals surface area contributed by atoms with E-state index in [9.17, 15) is 4.79 Å². The molecule has 0 aliphatic carbocycles. The molecule has 0 amide bonds. The maximum atomic E-state index is 12.9. The van der Waals surface area contributed by atoms with Crippen molar-refractivity contribution in [1.82, 2.24) is 20.1 Å². The van der Waals surface area contributed by atoms with Gasteiger partial charge in [0.05, 0.1) is 31.8 Å². The lowest BCUT2D eigenvalue weighted by Crippen LogP contribution is -2.42. The normalized spacial score (nSPS) is 14.5. The number of thiophene rings is 1. The number of aromatic nitrogens is 1. The number of nitrogens with one attached hydrogen (secondary N) is 2. The Morgan fingerprint density at radius 2 is 2.00 bits per heavy atom. The lowest BCUT2D eigenvalue weighted by molar-refractivity contribution is 0.0376. The summed E-state index contributed by atoms with van der Waals surface area (Å²) in [6, 6.07) is 10.3. The van der Waals surface area contributed by atoms with Gasteiger partial charge in [0, 0.05) is 35.5 Å². The molecule has 33 heavy (non-hydrogen) atoms. The minimum absolute atomic E-state index is 0.0532. The third kappa shape index (κ3) is 6.20. The molecular weight excluding hydrogens is 452 g/mol. The molecule has 6 nitrogen and oxygen atoms in total. The molecule has 1 aromatic carbocycles. The summed E-state index contributed by atoms with van der Waals surface area (Å²) in [6.07, 6.45) is 1.02. The van der Waals surface area contributed by atoms with E-state index in [0.29, 0.717) is 18.2 Å². The molecule has 1 aliphatic rings. The van der Waals surface area contributed by atoms with E-state index in [0.717, 1.165) is 73.4 Å². The summed E-state index contributed by atoms with van der Waals surface area (Å²) >= 11 is 7.48. The molecule has 1 saturated heterocycles. The highest BCUT2D eigenvalue weighted by Crippen LogP contribution is 2.21. The first kappa shape index (κ1) is 23.9. The molecule has 0 atom stereocenters. The summed E-state index contributed by atoms with van der Waals surface area (Å²) in [5.74, 6) is 0. The van der Waals surface area contributed by atoms with Crippen molar-refractivity contribution < 1.29 is 4.74 Å². The number of aromatic amines is 1. The molecule has 0 spiro atoms. The van der Waals surface area contributed by atoms with Gasteiger partial charge in [0.2, 0.25) is 0 Å². The largest absolute Gasteiger partial charge is 0.379 e. The number of hydrogen-bond donors (Lipinski definition) is 2. The Hall–Kier alpha value is -2.26. The van der Waals surface area contributed by atoms with E-state index >= 15 is 0 Å². The first-order valence-electron chi connectivity index (χ1n) is 11.5. The van der Waals surface area contributed by atoms with Crippen LogP contribution in [0, 0.1) is 13.8 Å². The minimum atomic E-state index is -0.0532. The lowest BCUT2D eigenvalue weighted by atomic mass is 10.0. The highest BCUT2D eigenvalue weighted by atomic mass is 32.1. The topological polar surface area (TPSA) is 60.6 Å². The van der Waals surface area contributed by atoms with Crippen molar-refractivity contribution in [1.29, 1.82) is 0 Å². The van der Waals surface area contributed by atoms with Gasteiger partial charge < -0.3 is 19.9 Å². The quantitative estimate of drug-likeness (QED) is 0.375. The number of rotatable bonds is 8. The Bertz CT molecular complexity index is 1140. The standard InChI is InChI=1S/C25H32N4O2S2/c1-18-6-7-19(2)23-22(18)15-20(24(30)27-23)16-29(17-21-5-3-14-33-21)25(32)26-8-4-9-28-10-12-31-13-11-28/h3,5-7,14-15H,4,8-13,16-17H2,1-2H3,(H,26,32)(H,27,30). The predicted octanol–water partition coefficient (Wildman–Crippen LogP) is 3.81. The van der Waals surface area contributed by atoms with Gasteiger partial charge in [0.25, 0.3) is 5.56 Å². The molecule has 2 N–H and O–H groups in total. The Kier molecular flexibility index (Phi) is 8.14. The molecule has 2 aromatic heterocycles. The molecule has 1 fully saturated rings. The average Bonchev–Trinajstić information content (AvgIpc) is 3.33. The molecular formula is C25H32N4O2S2. The zero-order chi connectivity index (χ0) is 23.2. The highest BCUT2D eigenvalue weighted by Gasteiger charge is 2.16. The van der Waals surface area contributed by atoms with E-state index in [1.54, 1.807) is 11.3 Å². The summed E-state index contributed by atoms with van der Waals surface area (Å²) in [5, 5.41) is 7.27. The number of hydrogen-bond acceptors (Lipinski definition) is 5. The number of aryl methyl sites for hydroxylation is 2. The minimum Gasteiger partial charge on any atom is -0.379 e. The van der Waals surface area contributed by atoms with Crippen molar-refractivity contribution in [3.63, 3.8) is 0 Å². The molecule has 8 heteroatoms. The van der Waals surface area contributed by atoms with Crippen LogP contribution < -0.4 is 10.9 Å². The molecule has 0 saturated carbocycles. The Labute approximate surface area is 204 Å². The van der Waals surface area contributed by atoms with Gasteiger partial charge in [-0.2, -0.15) is 0 Å². The molecule has 1 aliphatic heterocycles. The van der Waals surface area contributed by atoms with Crippen LogP contribution in [0.25, 0.3) is 10.9 Å². The fourth-order valence-electron chi connectivity index (χ4n) is 4.17. The zero-order valence-electron chi connectivity index (χ0n) is 19.4. The second kappa shape index (κ2) is 11.2. The Morgan fingerprint density at radius 1 is 1.21 bits per heavy atom. The fraction of sp³-hybridized carbons (Fsp3) is 0.440. The van der Waals surface area contributed by atoms with E-state index in [4.69, 9.17) is 17.0 Å². The van der Waals surface area contributed by atoms with Crippen molar-refractivity contribution in [2.45, 2.75) is 33.4 Å². The van der Waals surface area contributed by atoms with Gasteiger partial charge in [0.15, 0.2) is 5.11 Å². The summed E-state index contributed by atoms with van der Waals surface area (Å²) in [7, 11) is 0. The van der Waals surface area contributed by atoms with Crippen LogP contribution in [0.4, 0.5) is 0 Å². The van der Waals surface area contributed by atoms with Gasteiger partial charge >= 0.3 is 0 Å². The summed E-state index contributed by atoms with van der Waals surface area (Å²) in [6.45, 7) is 10.7. The number of nitrogens with zero attached hydrogens (tertiary/aromatic N) is 2. The maximum absolute atomic E-state index is 12.9. The van der Waals surface area contributed by atoms with Crippen LogP contribution in [0.5, 0.6) is 0 Å². The SMILES string of the molecule is Cc1ccc(C)c2[nH]c(=O)c(CN(Cc3cccs3)C(=S)NCCCN3CCOCC3)cc12. The Balaban J connectivity index is 1.46. The third-order valence-corrected chi connectivity index (χ3v) is 7.39. The summed E-state index contributed by atoms with van der Waals surface area (Å²) in [5.41, 5.74) is 3.82. The molecule has 176 valence electrons. The number of thiocarbonyl (C=S) groups is 1. The van der Waals surface area contributed by atoms with Crippen molar-refractivity contribution in [3.8, 4) is 0 Å². The summed E-state index contributed by atoms with van der Waals surface area (Å²) < 4.78 is 5.42. The number of ether oxygens (including phenoxy) is 1. The van der Waals surface area contributed by atoms with E-state index in [1.165, 1.54) is 4.88 Å². The van der Waals surface area contributed by atoms with Gasteiger partial charge in [-0.05, 0) is 67.7 Å². The average molecular weight is 485 g/mol. The van der Waals surface area contributed by atoms with Gasteiger partial charge in [-0.15, -0.1) is 11.3 Å². The van der Waals surface area contributed by atoms with Crippen LogP contribution in [0.15, 0.2) is 40.5 Å². The first-order chi connectivity index (χ1) is 16.0. The van der Waals surface area contributed by atoms with Crippen LogP contribution in [0.2, 0.25) is 0 Å². The van der Waals surface area contributed by atoms with E-state index in [-0.39, 0.29) is 5.56 Å². The summed E-state index contributed by atoms with van der Waals surface area (Å²) in [4.78, 5) is 21.8. The number of pyridine rings is 1. The number of H-pyrrole nitrogens is 1. The van der Waals surface area contributed by atoms with Gasteiger partial charge in [-0.25, -0.2) is 0 Å². The smallest absolute Gasteiger partial charge is 0.253 e. The van der Waals surface area contributed by atoms with Crippen molar-refractivity contribution in [2.75, 3.05) is 39.4 Å². The Morgan fingerprint density at radius 3 is 2.76 bits per heavy atom. The predicted molar refractivity (Wildman–Crippen MR) is 140 cm³/mol. The molecule has 0 unspecified atom stereocenters. The van der Waals surface area contributed by atoms with Gasteiger partial charge in [-0.1, -0.05) is 18.2 Å². The maximum Gasteiger partial charge on any atom is 0.253 e. The second-order valence-electron chi connectivity index (χ2n) is 8.59. The van der Waals surface area contributed by atoms with Crippen molar-refractivity contribution in [2.24, 2.45) is 0 Å². The number of morpholine rings is 1. The van der Waals surface area contributed by atoms with Crippen molar-refractivity contribution >= 4 is 39.6 Å². The highest BCUT2D eigenvalue weighted by molar-refractivity contribution is 7.80. The molecule has 0 radical (unpaired) electrons. The molecule has 3 aromatic rings. The fourth-order valence-corrected chi connectivity index (χ4v) is 5.12. The zero-order valence-corrected chi connectivity index (χ0v) is 21.0. The first-order valence-corrected chi connectivity index (χ1v) is 12.8. The van der Waals surface area contributed by atoms with E-state index in [2.05, 4.69) is 44.5 Å². The van der Waals surface area contributed by atoms with E-state index < -0.39 is 0 Å². The van der Waals surface area contributed by atoms with Crippen LogP contribution in [-0.4, -0.2) is 59.3 Å². The van der Waals surface area contributed by atoms with Gasteiger partial charge in [0.1, 0.15) is 0 Å². The molecule has 0 bridgehead atoms. The van der Waals surface area contributed by atoms with Crippen LogP contribution >= 0.6 is 23.6 Å². The molecule has 4 rings (SSSR count). The number of benzene rings is 1. The second-order valence-corrected chi connectivity index (χ2v) is 10.0. The monoisotopic (exact) mass is 484 g/mol. The van der Waals surface area contributed by atoms with Crippen LogP contribution in [0.3, 0.4) is 0 Å².